The van der Waals surface area contributed by atoms with Gasteiger partial charge in [0.1, 0.15) is 0 Å². The molecule has 0 rings (SSSR count). The van der Waals surface area contributed by atoms with Crippen LogP contribution in [-0.2, 0) is 11.8 Å². The molecule has 0 saturated carbocycles. The summed E-state index contributed by atoms with van der Waals surface area (Å²) in [5, 5.41) is 7.73. The van der Waals surface area contributed by atoms with Gasteiger partial charge in [0.05, 0.1) is 0 Å². The first kappa shape index (κ1) is 12.0. The number of hydrogen-bond donors (Lipinski definition) is 1. The molecule has 4 nitrogen and oxygen atoms in total. The zero-order chi connectivity index (χ0) is 5.86. The fourth-order valence-electron chi connectivity index (χ4n) is 0.0437. The molecule has 0 fully saturated rings. The van der Waals surface area contributed by atoms with E-state index in [1.54, 1.807) is 0 Å². The van der Waals surface area contributed by atoms with Crippen molar-refractivity contribution < 1.29 is 86.8 Å². The van der Waals surface area contributed by atoms with Crippen LogP contribution in [0.4, 0.5) is 0 Å². The number of hydrogen-bond acceptors (Lipinski definition) is 3. The Kier molecular flexibility index (Phi) is 9.69. The van der Waals surface area contributed by atoms with Crippen molar-refractivity contribution in [1.82, 2.24) is 0 Å². The molecule has 0 unspecified atom stereocenters. The third kappa shape index (κ3) is 5.45. The maximum absolute atomic E-state index is 9.73. The Morgan fingerprint density at radius 2 is 1.88 bits per heavy atom. The molecule has 0 amide bonds. The minimum atomic E-state index is -1.53. The average molecular weight is 559 g/mol. The summed E-state index contributed by atoms with van der Waals surface area (Å²) in [5.74, 6) is -2.69. The van der Waals surface area contributed by atoms with Gasteiger partial charge in [-0.3, -0.25) is 0 Å². The van der Waals surface area contributed by atoms with Crippen molar-refractivity contribution in [3.8, 4) is 0 Å². The molecule has 0 saturated heterocycles. The normalized spacial score (nSPS) is 6.75. The van der Waals surface area contributed by atoms with Crippen LogP contribution in [0.3, 0.4) is 0 Å². The number of aliphatic carboxylic acids is 1. The molecule has 1 N–H and O–H groups in total. The molecule has 6 heteroatoms. The van der Waals surface area contributed by atoms with Crippen LogP contribution in [0.5, 0.6) is 0 Å². The largest absolute Gasteiger partial charge is 0 e. The van der Waals surface area contributed by atoms with E-state index in [4.69, 9.17) is 5.11 Å². The van der Waals surface area contributed by atoms with Crippen LogP contribution in [0.15, 0.2) is 0 Å². The van der Waals surface area contributed by atoms with E-state index in [1.807, 2.05) is 0 Å². The quantitative estimate of drug-likeness (QED) is 0.391. The smallest absolute Gasteiger partial charge is 0 e. The van der Waals surface area contributed by atoms with Gasteiger partial charge in [-0.15, -0.1) is 0 Å². The van der Waals surface area contributed by atoms with E-state index in [2.05, 4.69) is 2.24 Å². The predicted molar refractivity (Wildman–Crippen MR) is 13.7 cm³/mol. The maximum atomic E-state index is 9.73. The molecule has 0 spiro atoms. The number of carbonyl (C=O) groups excluding carboxylic acids is 1. The first-order chi connectivity index (χ1) is 3.18. The topological polar surface area (TPSA) is 63.6 Å². The van der Waals surface area contributed by atoms with Crippen LogP contribution < -0.4 is 0 Å². The zero-order valence-electron chi connectivity index (χ0n) is 3.67. The van der Waals surface area contributed by atoms with Crippen molar-refractivity contribution in [2.45, 2.75) is 0 Å². The molecule has 0 aromatic heterocycles. The molecule has 0 heterocycles. The first-order valence-corrected chi connectivity index (χ1v) is 2.99. The van der Waals surface area contributed by atoms with Crippen LogP contribution in [-0.4, -0.2) is 17.0 Å². The van der Waals surface area contributed by atoms with Crippen LogP contribution in [0, 0.1) is 69.9 Å². The van der Waals surface area contributed by atoms with E-state index in [1.165, 1.54) is 0 Å². The van der Waals surface area contributed by atoms with Crippen molar-refractivity contribution in [1.29, 1.82) is 0 Å². The summed E-state index contributed by atoms with van der Waals surface area (Å²) in [6.45, 7) is 0. The van der Waals surface area contributed by atoms with Gasteiger partial charge in [-0.25, -0.2) is 0 Å². The summed E-state index contributed by atoms with van der Waals surface area (Å²) < 4.78 is 3.94. The van der Waals surface area contributed by atoms with Gasteiger partial charge in [0.15, 0.2) is 0 Å². The van der Waals surface area contributed by atoms with Gasteiger partial charge < -0.3 is 0 Å². The van der Waals surface area contributed by atoms with Crippen molar-refractivity contribution in [2.24, 2.45) is 0 Å². The van der Waals surface area contributed by atoms with E-state index in [0.717, 1.165) is 0 Å². The van der Waals surface area contributed by atoms with Gasteiger partial charge in [-0.1, -0.05) is 0 Å². The van der Waals surface area contributed by atoms with E-state index in [0.29, 0.717) is 0 Å². The van der Waals surface area contributed by atoms with E-state index in [9.17, 15) is 9.59 Å². The Morgan fingerprint density at radius 1 is 1.50 bits per heavy atom. The molecule has 41 valence electrons. The molecule has 0 radical (unpaired) electrons. The Hall–Kier alpha value is 1.32. The monoisotopic (exact) mass is 559 g/mol. The Bertz CT molecular complexity index is 102. The number of carbonyl (C=O) groups is 2. The Balaban J connectivity index is 0. The van der Waals surface area contributed by atoms with Crippen molar-refractivity contribution >= 4 is 11.9 Å². The molecule has 8 heavy (non-hydrogen) atoms. The molecular weight excluding hydrogens is 558 g/mol. The Morgan fingerprint density at radius 3 is 1.88 bits per heavy atom. The van der Waals surface area contributed by atoms with E-state index >= 15 is 0 Å². The second kappa shape index (κ2) is 6.44. The van der Waals surface area contributed by atoms with E-state index < -0.39 is 11.9 Å². The molecular formula is C2HO4ThU. The van der Waals surface area contributed by atoms with Gasteiger partial charge in [-0.05, 0) is 0 Å². The molecule has 0 aliphatic carbocycles. The third-order valence-corrected chi connectivity index (χ3v) is 1.04. The van der Waals surface area contributed by atoms with Gasteiger partial charge in [0.2, 0.25) is 0 Å². The van der Waals surface area contributed by atoms with Crippen molar-refractivity contribution in [3.63, 3.8) is 0 Å². The third-order valence-electron chi connectivity index (χ3n) is 0.267. The second-order valence-corrected chi connectivity index (χ2v) is 1.54. The minimum absolute atomic E-state index is 0. The zero-order valence-corrected chi connectivity index (χ0v) is 11.9. The van der Waals surface area contributed by atoms with Crippen molar-refractivity contribution in [3.05, 3.63) is 0 Å². The molecule has 0 aromatic rings. The molecule has 0 aromatic carbocycles. The van der Waals surface area contributed by atoms with Crippen LogP contribution in [0.2, 0.25) is 0 Å². The summed E-state index contributed by atoms with van der Waals surface area (Å²) in [4.78, 5) is 19.2. The SMILES string of the molecule is O=C(O)C(=O)[O][U].[Th]. The van der Waals surface area contributed by atoms with Gasteiger partial charge in [0, 0.05) is 39.9 Å². The fraction of sp³-hybridized carbons (Fsp3) is 0. The molecule has 0 aliphatic heterocycles. The van der Waals surface area contributed by atoms with Crippen LogP contribution in [0.25, 0.3) is 0 Å². The standard InChI is InChI=1S/C2H2O4.Th.U/c3-1(4)2(5)6;;/h(H,3,4)(H,5,6);;/q;;+1/p-1. The number of carboxylic acid groups (broad SMARTS) is 1. The maximum Gasteiger partial charge on any atom is 0 e. The molecule has 0 aliphatic rings. The summed E-state index contributed by atoms with van der Waals surface area (Å²) >= 11 is -0.0444. The summed E-state index contributed by atoms with van der Waals surface area (Å²) in [5.41, 5.74) is 0. The number of carboxylic acids is 1. The summed E-state index contributed by atoms with van der Waals surface area (Å²) in [6.07, 6.45) is 0. The van der Waals surface area contributed by atoms with Crippen LogP contribution in [0.1, 0.15) is 0 Å². The number of rotatable bonds is 0. The summed E-state index contributed by atoms with van der Waals surface area (Å²) in [7, 11) is 0. The summed E-state index contributed by atoms with van der Waals surface area (Å²) in [6, 6.07) is 0. The average Bonchev–Trinajstić information content (AvgIpc) is 1.65. The van der Waals surface area contributed by atoms with Gasteiger partial charge in [0.25, 0.3) is 0 Å². The van der Waals surface area contributed by atoms with Gasteiger partial charge in [-0.2, -0.15) is 0 Å². The predicted octanol–water partition coefficient (Wildman–Crippen LogP) is -0.921. The first-order valence-electron chi connectivity index (χ1n) is 1.29. The molecule has 0 bridgehead atoms. The fourth-order valence-corrected chi connectivity index (χ4v) is 0.407. The van der Waals surface area contributed by atoms with Gasteiger partial charge >= 0.3 is 58.8 Å². The molecule has 0 atom stereocenters. The minimum Gasteiger partial charge on any atom is 0 e. The van der Waals surface area contributed by atoms with Crippen molar-refractivity contribution in [2.75, 3.05) is 0 Å². The second-order valence-electron chi connectivity index (χ2n) is 0.695. The Labute approximate surface area is 97.0 Å². The van der Waals surface area contributed by atoms with E-state index in [-0.39, 0.29) is 69.9 Å². The van der Waals surface area contributed by atoms with Crippen LogP contribution >= 0.6 is 0 Å².